The summed E-state index contributed by atoms with van der Waals surface area (Å²) in [4.78, 5) is 17.0. The zero-order valence-corrected chi connectivity index (χ0v) is 17.2. The molecule has 0 fully saturated rings. The Balaban J connectivity index is 1.76. The summed E-state index contributed by atoms with van der Waals surface area (Å²) in [7, 11) is 0.971. The number of nitrogens with zero attached hydrogens (tertiary/aromatic N) is 2. The number of methoxy groups -OCH3 is 1. The van der Waals surface area contributed by atoms with Crippen molar-refractivity contribution < 1.29 is 17.9 Å². The monoisotopic (exact) mass is 417 g/mol. The van der Waals surface area contributed by atoms with Gasteiger partial charge in [-0.15, -0.1) is 11.3 Å². The number of aromatic nitrogens is 1. The maximum absolute atomic E-state index is 12.4. The molecule has 7 nitrogen and oxygen atoms in total. The SMILES string of the molecule is COc1ccccc1-c1csc(NC(=O)c2ccc(S(=O)(=O)N(C)C)cc2)n1. The van der Waals surface area contributed by atoms with Crippen LogP contribution in [0, 0.1) is 0 Å². The lowest BCUT2D eigenvalue weighted by atomic mass is 10.1. The van der Waals surface area contributed by atoms with Gasteiger partial charge in [0, 0.05) is 30.6 Å². The van der Waals surface area contributed by atoms with Crippen molar-refractivity contribution in [3.63, 3.8) is 0 Å². The lowest BCUT2D eigenvalue weighted by molar-refractivity contribution is 0.102. The molecule has 0 unspecified atom stereocenters. The van der Waals surface area contributed by atoms with Gasteiger partial charge in [-0.2, -0.15) is 0 Å². The molecule has 0 aliphatic rings. The quantitative estimate of drug-likeness (QED) is 0.665. The fraction of sp³-hybridized carbons (Fsp3) is 0.158. The number of anilines is 1. The number of hydrogen-bond acceptors (Lipinski definition) is 6. The first kappa shape index (κ1) is 20.0. The van der Waals surface area contributed by atoms with Crippen LogP contribution in [0.15, 0.2) is 58.8 Å². The predicted octanol–water partition coefficient (Wildman–Crippen LogP) is 3.32. The fourth-order valence-corrected chi connectivity index (χ4v) is 4.08. The molecule has 1 N–H and O–H groups in total. The Hall–Kier alpha value is -2.75. The van der Waals surface area contributed by atoms with Gasteiger partial charge in [-0.1, -0.05) is 12.1 Å². The van der Waals surface area contributed by atoms with Crippen molar-refractivity contribution in [2.45, 2.75) is 4.90 Å². The molecule has 0 aliphatic carbocycles. The van der Waals surface area contributed by atoms with E-state index in [0.717, 1.165) is 9.87 Å². The zero-order chi connectivity index (χ0) is 20.3. The average Bonchev–Trinajstić information content (AvgIpc) is 3.16. The number of rotatable bonds is 6. The minimum Gasteiger partial charge on any atom is -0.496 e. The van der Waals surface area contributed by atoms with E-state index in [9.17, 15) is 13.2 Å². The first-order valence-electron chi connectivity index (χ1n) is 8.26. The van der Waals surface area contributed by atoms with E-state index in [0.29, 0.717) is 22.1 Å². The van der Waals surface area contributed by atoms with Crippen LogP contribution in [0.25, 0.3) is 11.3 Å². The maximum Gasteiger partial charge on any atom is 0.257 e. The molecular formula is C19H19N3O4S2. The van der Waals surface area contributed by atoms with Gasteiger partial charge in [-0.25, -0.2) is 17.7 Å². The Morgan fingerprint density at radius 3 is 2.43 bits per heavy atom. The van der Waals surface area contributed by atoms with Crippen molar-refractivity contribution >= 4 is 32.4 Å². The minimum atomic E-state index is -3.53. The number of benzene rings is 2. The highest BCUT2D eigenvalue weighted by Gasteiger charge is 2.18. The number of amides is 1. The molecule has 0 spiro atoms. The normalized spacial score (nSPS) is 11.4. The molecule has 3 rings (SSSR count). The number of carbonyl (C=O) groups excluding carboxylic acids is 1. The first-order valence-corrected chi connectivity index (χ1v) is 10.6. The fourth-order valence-electron chi connectivity index (χ4n) is 2.47. The van der Waals surface area contributed by atoms with Crippen LogP contribution in [-0.4, -0.2) is 44.8 Å². The number of para-hydroxylation sites is 1. The van der Waals surface area contributed by atoms with Crippen molar-refractivity contribution in [1.29, 1.82) is 0 Å². The van der Waals surface area contributed by atoms with Crippen molar-refractivity contribution in [3.05, 3.63) is 59.5 Å². The number of thiazole rings is 1. The smallest absolute Gasteiger partial charge is 0.257 e. The summed E-state index contributed by atoms with van der Waals surface area (Å²) in [6.45, 7) is 0. The predicted molar refractivity (Wildman–Crippen MR) is 109 cm³/mol. The van der Waals surface area contributed by atoms with Crippen molar-refractivity contribution in [3.8, 4) is 17.0 Å². The van der Waals surface area contributed by atoms with Gasteiger partial charge in [0.1, 0.15) is 5.75 Å². The largest absolute Gasteiger partial charge is 0.496 e. The van der Waals surface area contributed by atoms with Crippen molar-refractivity contribution in [1.82, 2.24) is 9.29 Å². The van der Waals surface area contributed by atoms with Crippen LogP contribution >= 0.6 is 11.3 Å². The van der Waals surface area contributed by atoms with Crippen LogP contribution in [0.2, 0.25) is 0 Å². The number of nitrogens with one attached hydrogen (secondary N) is 1. The van der Waals surface area contributed by atoms with Crippen LogP contribution in [0.1, 0.15) is 10.4 Å². The molecule has 0 bridgehead atoms. The van der Waals surface area contributed by atoms with E-state index in [2.05, 4.69) is 10.3 Å². The maximum atomic E-state index is 12.4. The standard InChI is InChI=1S/C19H19N3O4S2/c1-22(2)28(24,25)14-10-8-13(9-11-14)18(23)21-19-20-16(12-27-19)15-6-4-5-7-17(15)26-3/h4-12H,1-3H3,(H,20,21,23). The number of carbonyl (C=O) groups is 1. The Labute approximate surface area is 167 Å². The van der Waals surface area contributed by atoms with E-state index in [1.165, 1.54) is 49.7 Å². The molecule has 0 saturated carbocycles. The van der Waals surface area contributed by atoms with Gasteiger partial charge in [0.15, 0.2) is 5.13 Å². The minimum absolute atomic E-state index is 0.127. The Bertz CT molecular complexity index is 1090. The molecule has 1 amide bonds. The van der Waals surface area contributed by atoms with Gasteiger partial charge >= 0.3 is 0 Å². The van der Waals surface area contributed by atoms with Crippen LogP contribution in [-0.2, 0) is 10.0 Å². The Kier molecular flexibility index (Phi) is 5.78. The van der Waals surface area contributed by atoms with E-state index in [4.69, 9.17) is 4.74 Å². The second-order valence-corrected chi connectivity index (χ2v) is 9.01. The van der Waals surface area contributed by atoms with E-state index < -0.39 is 10.0 Å². The molecule has 2 aromatic carbocycles. The molecule has 0 aliphatic heterocycles. The highest BCUT2D eigenvalue weighted by molar-refractivity contribution is 7.89. The summed E-state index contributed by atoms with van der Waals surface area (Å²) in [5, 5.41) is 5.01. The molecule has 9 heteroatoms. The van der Waals surface area contributed by atoms with Crippen LogP contribution in [0.5, 0.6) is 5.75 Å². The summed E-state index contributed by atoms with van der Waals surface area (Å²) < 4.78 is 30.7. The molecular weight excluding hydrogens is 398 g/mol. The average molecular weight is 418 g/mol. The highest BCUT2D eigenvalue weighted by Crippen LogP contribution is 2.32. The second kappa shape index (κ2) is 8.09. The van der Waals surface area contributed by atoms with Crippen LogP contribution < -0.4 is 10.1 Å². The molecule has 0 atom stereocenters. The van der Waals surface area contributed by atoms with Gasteiger partial charge in [-0.05, 0) is 36.4 Å². The van der Waals surface area contributed by atoms with Crippen molar-refractivity contribution in [2.24, 2.45) is 0 Å². The number of sulfonamides is 1. The molecule has 146 valence electrons. The Morgan fingerprint density at radius 1 is 1.11 bits per heavy atom. The van der Waals surface area contributed by atoms with Gasteiger partial charge in [-0.3, -0.25) is 10.1 Å². The molecule has 3 aromatic rings. The molecule has 0 radical (unpaired) electrons. The lowest BCUT2D eigenvalue weighted by Gasteiger charge is -2.11. The van der Waals surface area contributed by atoms with E-state index in [1.54, 1.807) is 7.11 Å². The number of hydrogen-bond donors (Lipinski definition) is 1. The second-order valence-electron chi connectivity index (χ2n) is 6.00. The Morgan fingerprint density at radius 2 is 1.79 bits per heavy atom. The number of ether oxygens (including phenoxy) is 1. The van der Waals surface area contributed by atoms with Gasteiger partial charge in [0.2, 0.25) is 10.0 Å². The summed E-state index contributed by atoms with van der Waals surface area (Å²) in [6.07, 6.45) is 0. The topological polar surface area (TPSA) is 88.6 Å². The third-order valence-electron chi connectivity index (χ3n) is 4.00. The third-order valence-corrected chi connectivity index (χ3v) is 6.59. The van der Waals surface area contributed by atoms with Crippen LogP contribution in [0.4, 0.5) is 5.13 Å². The van der Waals surface area contributed by atoms with E-state index >= 15 is 0 Å². The molecule has 0 saturated heterocycles. The van der Waals surface area contributed by atoms with Crippen molar-refractivity contribution in [2.75, 3.05) is 26.5 Å². The van der Waals surface area contributed by atoms with E-state index in [1.807, 2.05) is 29.6 Å². The third kappa shape index (κ3) is 4.06. The van der Waals surface area contributed by atoms with Gasteiger partial charge < -0.3 is 4.74 Å². The lowest BCUT2D eigenvalue weighted by Crippen LogP contribution is -2.22. The summed E-state index contributed by atoms with van der Waals surface area (Å²) in [5.74, 6) is 0.332. The van der Waals surface area contributed by atoms with Gasteiger partial charge in [0.05, 0.1) is 17.7 Å². The van der Waals surface area contributed by atoms with Gasteiger partial charge in [0.25, 0.3) is 5.91 Å². The summed E-state index contributed by atoms with van der Waals surface area (Å²) >= 11 is 1.30. The highest BCUT2D eigenvalue weighted by atomic mass is 32.2. The zero-order valence-electron chi connectivity index (χ0n) is 15.5. The summed E-state index contributed by atoms with van der Waals surface area (Å²) in [5.41, 5.74) is 1.87. The van der Waals surface area contributed by atoms with E-state index in [-0.39, 0.29) is 10.8 Å². The first-order chi connectivity index (χ1) is 13.3. The van der Waals surface area contributed by atoms with Crippen LogP contribution in [0.3, 0.4) is 0 Å². The molecule has 1 heterocycles. The summed E-state index contributed by atoms with van der Waals surface area (Å²) in [6, 6.07) is 13.3. The molecule has 1 aromatic heterocycles. The molecule has 28 heavy (non-hydrogen) atoms.